The highest BCUT2D eigenvalue weighted by molar-refractivity contribution is 5.73. The summed E-state index contributed by atoms with van der Waals surface area (Å²) in [4.78, 5) is 11.2. The van der Waals surface area contributed by atoms with Crippen molar-refractivity contribution >= 4 is 6.03 Å². The van der Waals surface area contributed by atoms with Crippen molar-refractivity contribution in [3.8, 4) is 0 Å². The van der Waals surface area contributed by atoms with Crippen LogP contribution in [-0.2, 0) is 0 Å². The number of carbonyl (C=O) groups excluding carboxylic acids is 1. The molecule has 4 nitrogen and oxygen atoms in total. The number of rotatable bonds is 10. The van der Waals surface area contributed by atoms with Gasteiger partial charge in [-0.25, -0.2) is 4.79 Å². The van der Waals surface area contributed by atoms with Gasteiger partial charge in [0.1, 0.15) is 0 Å². The SMILES string of the molecule is CCCCNC(CCC)C(CC)CNC(=O)NC. The molecule has 0 rings (SSSR count). The molecule has 0 saturated heterocycles. The van der Waals surface area contributed by atoms with Gasteiger partial charge in [0.05, 0.1) is 0 Å². The van der Waals surface area contributed by atoms with E-state index in [1.807, 2.05) is 0 Å². The molecule has 2 atom stereocenters. The topological polar surface area (TPSA) is 53.2 Å². The maximum atomic E-state index is 11.2. The Kier molecular flexibility index (Phi) is 10.8. The lowest BCUT2D eigenvalue weighted by Gasteiger charge is -2.27. The van der Waals surface area contributed by atoms with Crippen LogP contribution in [0.25, 0.3) is 0 Å². The lowest BCUT2D eigenvalue weighted by atomic mass is 9.93. The number of amides is 2. The quantitative estimate of drug-likeness (QED) is 0.527. The zero-order chi connectivity index (χ0) is 13.8. The van der Waals surface area contributed by atoms with Gasteiger partial charge in [-0.05, 0) is 25.3 Å². The summed E-state index contributed by atoms with van der Waals surface area (Å²) in [5.74, 6) is 0.513. The first-order chi connectivity index (χ1) is 8.69. The van der Waals surface area contributed by atoms with E-state index in [9.17, 15) is 4.79 Å². The fourth-order valence-electron chi connectivity index (χ4n) is 2.16. The highest BCUT2D eigenvalue weighted by Crippen LogP contribution is 2.13. The van der Waals surface area contributed by atoms with Gasteiger partial charge in [0.2, 0.25) is 0 Å². The Bertz CT molecular complexity index is 209. The van der Waals surface area contributed by atoms with Crippen molar-refractivity contribution in [1.29, 1.82) is 0 Å². The maximum Gasteiger partial charge on any atom is 0.314 e. The molecule has 0 aromatic carbocycles. The maximum absolute atomic E-state index is 11.2. The number of carbonyl (C=O) groups is 1. The Labute approximate surface area is 112 Å². The van der Waals surface area contributed by atoms with Crippen LogP contribution < -0.4 is 16.0 Å². The van der Waals surface area contributed by atoms with Crippen LogP contribution in [0.5, 0.6) is 0 Å². The molecular weight excluding hydrogens is 226 g/mol. The van der Waals surface area contributed by atoms with E-state index in [1.54, 1.807) is 7.05 Å². The molecule has 0 aliphatic rings. The average molecular weight is 257 g/mol. The van der Waals surface area contributed by atoms with Gasteiger partial charge in [0.25, 0.3) is 0 Å². The summed E-state index contributed by atoms with van der Waals surface area (Å²) in [7, 11) is 1.65. The van der Waals surface area contributed by atoms with E-state index < -0.39 is 0 Å². The lowest BCUT2D eigenvalue weighted by Crippen LogP contribution is -2.44. The van der Waals surface area contributed by atoms with Gasteiger partial charge in [0.15, 0.2) is 0 Å². The number of hydrogen-bond acceptors (Lipinski definition) is 2. The first kappa shape index (κ1) is 17.2. The van der Waals surface area contributed by atoms with Gasteiger partial charge in [-0.15, -0.1) is 0 Å². The van der Waals surface area contributed by atoms with E-state index in [0.29, 0.717) is 12.0 Å². The molecule has 18 heavy (non-hydrogen) atoms. The number of nitrogens with one attached hydrogen (secondary N) is 3. The minimum Gasteiger partial charge on any atom is -0.341 e. The first-order valence-corrected chi connectivity index (χ1v) is 7.38. The number of hydrogen-bond donors (Lipinski definition) is 3. The minimum atomic E-state index is -0.0859. The second kappa shape index (κ2) is 11.3. The summed E-state index contributed by atoms with van der Waals surface area (Å²) in [6.07, 6.45) is 5.89. The molecule has 3 N–H and O–H groups in total. The van der Waals surface area contributed by atoms with Gasteiger partial charge in [-0.1, -0.05) is 40.0 Å². The largest absolute Gasteiger partial charge is 0.341 e. The van der Waals surface area contributed by atoms with E-state index in [1.165, 1.54) is 25.7 Å². The van der Waals surface area contributed by atoms with Gasteiger partial charge in [0, 0.05) is 19.6 Å². The smallest absolute Gasteiger partial charge is 0.314 e. The Morgan fingerprint density at radius 3 is 2.39 bits per heavy atom. The summed E-state index contributed by atoms with van der Waals surface area (Å²) in [5, 5.41) is 9.16. The van der Waals surface area contributed by atoms with E-state index in [-0.39, 0.29) is 6.03 Å². The molecule has 0 saturated carbocycles. The van der Waals surface area contributed by atoms with Crippen molar-refractivity contribution in [3.05, 3.63) is 0 Å². The molecule has 0 fully saturated rings. The molecule has 0 aromatic rings. The fourth-order valence-corrected chi connectivity index (χ4v) is 2.16. The molecule has 0 heterocycles. The van der Waals surface area contributed by atoms with Crippen LogP contribution in [-0.4, -0.2) is 32.2 Å². The third-order valence-electron chi connectivity index (χ3n) is 3.38. The molecule has 108 valence electrons. The third kappa shape index (κ3) is 7.54. The third-order valence-corrected chi connectivity index (χ3v) is 3.38. The van der Waals surface area contributed by atoms with Crippen molar-refractivity contribution in [2.45, 2.75) is 58.9 Å². The van der Waals surface area contributed by atoms with Gasteiger partial charge < -0.3 is 16.0 Å². The van der Waals surface area contributed by atoms with Crippen LogP contribution in [0.3, 0.4) is 0 Å². The normalized spacial score (nSPS) is 14.0. The second-order valence-electron chi connectivity index (χ2n) is 4.83. The molecule has 0 bridgehead atoms. The van der Waals surface area contributed by atoms with Crippen molar-refractivity contribution in [1.82, 2.24) is 16.0 Å². The van der Waals surface area contributed by atoms with Gasteiger partial charge in [-0.3, -0.25) is 0 Å². The zero-order valence-corrected chi connectivity index (χ0v) is 12.5. The predicted octanol–water partition coefficient (Wildman–Crippen LogP) is 2.50. The lowest BCUT2D eigenvalue weighted by molar-refractivity contribution is 0.236. The van der Waals surface area contributed by atoms with Crippen LogP contribution in [0.4, 0.5) is 4.79 Å². The number of urea groups is 1. The molecule has 0 spiro atoms. The predicted molar refractivity (Wildman–Crippen MR) is 77.8 cm³/mol. The van der Waals surface area contributed by atoms with Crippen LogP contribution in [0.1, 0.15) is 52.9 Å². The highest BCUT2D eigenvalue weighted by Gasteiger charge is 2.18. The summed E-state index contributed by atoms with van der Waals surface area (Å²) in [6, 6.07) is 0.431. The monoisotopic (exact) mass is 257 g/mol. The zero-order valence-electron chi connectivity index (χ0n) is 12.5. The van der Waals surface area contributed by atoms with E-state index in [2.05, 4.69) is 36.7 Å². The van der Waals surface area contributed by atoms with Crippen molar-refractivity contribution in [2.24, 2.45) is 5.92 Å². The van der Waals surface area contributed by atoms with Gasteiger partial charge in [-0.2, -0.15) is 0 Å². The van der Waals surface area contributed by atoms with Crippen LogP contribution >= 0.6 is 0 Å². The molecule has 0 radical (unpaired) electrons. The Morgan fingerprint density at radius 1 is 1.17 bits per heavy atom. The van der Waals surface area contributed by atoms with Crippen molar-refractivity contribution < 1.29 is 4.79 Å². The van der Waals surface area contributed by atoms with Crippen molar-refractivity contribution in [2.75, 3.05) is 20.1 Å². The Hall–Kier alpha value is -0.770. The van der Waals surface area contributed by atoms with E-state index in [0.717, 1.165) is 19.5 Å². The molecule has 0 aliphatic heterocycles. The summed E-state index contributed by atoms with van der Waals surface area (Å²) >= 11 is 0. The molecule has 2 unspecified atom stereocenters. The molecular formula is C14H31N3O. The minimum absolute atomic E-state index is 0.0859. The van der Waals surface area contributed by atoms with E-state index >= 15 is 0 Å². The number of unbranched alkanes of at least 4 members (excludes halogenated alkanes) is 1. The molecule has 2 amide bonds. The summed E-state index contributed by atoms with van der Waals surface area (Å²) in [6.45, 7) is 8.45. The Morgan fingerprint density at radius 2 is 1.89 bits per heavy atom. The van der Waals surface area contributed by atoms with E-state index in [4.69, 9.17) is 0 Å². The molecule has 0 aliphatic carbocycles. The highest BCUT2D eigenvalue weighted by atomic mass is 16.2. The summed E-state index contributed by atoms with van der Waals surface area (Å²) < 4.78 is 0. The second-order valence-corrected chi connectivity index (χ2v) is 4.83. The molecule has 4 heteroatoms. The average Bonchev–Trinajstić information content (AvgIpc) is 2.39. The molecule has 0 aromatic heterocycles. The first-order valence-electron chi connectivity index (χ1n) is 7.38. The Balaban J connectivity index is 4.18. The standard InChI is InChI=1S/C14H31N3O/c1-5-8-10-16-13(9-6-2)12(7-3)11-17-14(18)15-4/h12-13,16H,5-11H2,1-4H3,(H2,15,17,18). The van der Waals surface area contributed by atoms with Gasteiger partial charge >= 0.3 is 6.03 Å². The van der Waals surface area contributed by atoms with Crippen LogP contribution in [0, 0.1) is 5.92 Å². The van der Waals surface area contributed by atoms with Crippen LogP contribution in [0.15, 0.2) is 0 Å². The fraction of sp³-hybridized carbons (Fsp3) is 0.929. The van der Waals surface area contributed by atoms with Crippen molar-refractivity contribution in [3.63, 3.8) is 0 Å². The summed E-state index contributed by atoms with van der Waals surface area (Å²) in [5.41, 5.74) is 0. The van der Waals surface area contributed by atoms with Crippen LogP contribution in [0.2, 0.25) is 0 Å².